The first-order valence-corrected chi connectivity index (χ1v) is 7.94. The Morgan fingerprint density at radius 2 is 1.88 bits per heavy atom. The Bertz CT molecular complexity index is 1100. The van der Waals surface area contributed by atoms with Gasteiger partial charge in [0.05, 0.1) is 12.2 Å². The number of para-hydroxylation sites is 2. The number of fused-ring (bicyclic) bond motifs is 1. The molecule has 0 aliphatic heterocycles. The molecule has 0 aliphatic carbocycles. The van der Waals surface area contributed by atoms with Crippen LogP contribution in [0.1, 0.15) is 6.92 Å². The fourth-order valence-electron chi connectivity index (χ4n) is 2.70. The number of pyridine rings is 1. The summed E-state index contributed by atoms with van der Waals surface area (Å²) in [6.07, 6.45) is 1.59. The van der Waals surface area contributed by atoms with Crippen molar-refractivity contribution in [1.82, 2.24) is 15.1 Å². The number of benzene rings is 2. The van der Waals surface area contributed by atoms with Gasteiger partial charge in [-0.05, 0) is 31.2 Å². The molecule has 0 aliphatic rings. The van der Waals surface area contributed by atoms with Gasteiger partial charge in [-0.25, -0.2) is 0 Å². The molecule has 6 heteroatoms. The molecule has 0 atom stereocenters. The first-order chi connectivity index (χ1) is 12.3. The van der Waals surface area contributed by atoms with Crippen molar-refractivity contribution in [1.29, 1.82) is 0 Å². The summed E-state index contributed by atoms with van der Waals surface area (Å²) >= 11 is 0. The van der Waals surface area contributed by atoms with Gasteiger partial charge >= 0.3 is 0 Å². The highest BCUT2D eigenvalue weighted by Gasteiger charge is 2.17. The number of nitrogens with one attached hydrogen (secondary N) is 1. The van der Waals surface area contributed by atoms with Crippen LogP contribution in [0.4, 0.5) is 0 Å². The van der Waals surface area contributed by atoms with Crippen LogP contribution < -0.4 is 10.2 Å². The fourth-order valence-corrected chi connectivity index (χ4v) is 2.70. The molecule has 0 bridgehead atoms. The molecule has 0 saturated heterocycles. The second-order valence-electron chi connectivity index (χ2n) is 5.43. The van der Waals surface area contributed by atoms with Gasteiger partial charge < -0.3 is 14.2 Å². The predicted molar refractivity (Wildman–Crippen MR) is 94.5 cm³/mol. The minimum Gasteiger partial charge on any atom is -0.493 e. The van der Waals surface area contributed by atoms with Crippen molar-refractivity contribution < 1.29 is 9.26 Å². The molecule has 1 N–H and O–H groups in total. The molecule has 4 rings (SSSR count). The van der Waals surface area contributed by atoms with Gasteiger partial charge in [-0.1, -0.05) is 29.4 Å². The maximum Gasteiger partial charge on any atom is 0.263 e. The van der Waals surface area contributed by atoms with Crippen LogP contribution >= 0.6 is 0 Å². The molecule has 2 aromatic heterocycles. The van der Waals surface area contributed by atoms with Crippen molar-refractivity contribution in [2.75, 3.05) is 6.61 Å². The average molecular weight is 333 g/mol. The van der Waals surface area contributed by atoms with Gasteiger partial charge in [-0.3, -0.25) is 4.79 Å². The number of aromatic amines is 1. The third kappa shape index (κ3) is 2.67. The van der Waals surface area contributed by atoms with Crippen LogP contribution in [0.5, 0.6) is 5.75 Å². The summed E-state index contributed by atoms with van der Waals surface area (Å²) in [6, 6.07) is 14.7. The molecule has 124 valence electrons. The molecule has 4 aromatic rings. The van der Waals surface area contributed by atoms with Gasteiger partial charge in [0, 0.05) is 17.1 Å². The third-order valence-corrected chi connectivity index (χ3v) is 3.87. The molecule has 0 amide bonds. The summed E-state index contributed by atoms with van der Waals surface area (Å²) in [4.78, 5) is 20.1. The summed E-state index contributed by atoms with van der Waals surface area (Å²) in [5.74, 6) is 1.23. The molecule has 6 nitrogen and oxygen atoms in total. The maximum atomic E-state index is 12.7. The van der Waals surface area contributed by atoms with E-state index in [0.717, 1.165) is 11.1 Å². The molecule has 2 heterocycles. The zero-order valence-corrected chi connectivity index (χ0v) is 13.5. The minimum atomic E-state index is -0.150. The number of nitrogens with zero attached hydrogens (tertiary/aromatic N) is 2. The monoisotopic (exact) mass is 333 g/mol. The minimum absolute atomic E-state index is 0.150. The number of ether oxygens (including phenoxy) is 1. The van der Waals surface area contributed by atoms with Crippen LogP contribution in [0.2, 0.25) is 0 Å². The molecule has 0 saturated carbocycles. The standard InChI is InChI=1S/C19H15N3O3/c1-2-24-16-10-6-4-8-13(16)18-21-19(25-22-18)14-11-20-15-9-5-3-7-12(15)17(14)23/h3-11H,2H2,1H3,(H,20,23). The number of rotatable bonds is 4. The normalized spacial score (nSPS) is 10.9. The maximum absolute atomic E-state index is 12.7. The van der Waals surface area contributed by atoms with E-state index in [0.29, 0.717) is 29.1 Å². The van der Waals surface area contributed by atoms with Gasteiger partial charge in [-0.2, -0.15) is 4.98 Å². The topological polar surface area (TPSA) is 81.0 Å². The largest absolute Gasteiger partial charge is 0.493 e. The highest BCUT2D eigenvalue weighted by molar-refractivity contribution is 5.82. The van der Waals surface area contributed by atoms with Crippen LogP contribution in [0, 0.1) is 0 Å². The summed E-state index contributed by atoms with van der Waals surface area (Å²) < 4.78 is 10.9. The molecule has 2 aromatic carbocycles. The van der Waals surface area contributed by atoms with Crippen LogP contribution in [0.3, 0.4) is 0 Å². The second-order valence-corrected chi connectivity index (χ2v) is 5.43. The highest BCUT2D eigenvalue weighted by atomic mass is 16.5. The van der Waals surface area contributed by atoms with Crippen molar-refractivity contribution >= 4 is 10.9 Å². The lowest BCUT2D eigenvalue weighted by atomic mass is 10.1. The number of hydrogen-bond acceptors (Lipinski definition) is 5. The molecule has 0 spiro atoms. The summed E-state index contributed by atoms with van der Waals surface area (Å²) in [6.45, 7) is 2.44. The van der Waals surface area contributed by atoms with Gasteiger partial charge in [0.2, 0.25) is 11.3 Å². The van der Waals surface area contributed by atoms with Crippen molar-refractivity contribution in [2.24, 2.45) is 0 Å². The molecule has 25 heavy (non-hydrogen) atoms. The van der Waals surface area contributed by atoms with Crippen LogP contribution in [0.25, 0.3) is 33.7 Å². The van der Waals surface area contributed by atoms with Crippen LogP contribution in [-0.2, 0) is 0 Å². The predicted octanol–water partition coefficient (Wildman–Crippen LogP) is 3.64. The first kappa shape index (κ1) is 15.1. The Balaban J connectivity index is 1.80. The lowest BCUT2D eigenvalue weighted by Gasteiger charge is -2.06. The highest BCUT2D eigenvalue weighted by Crippen LogP contribution is 2.29. The van der Waals surface area contributed by atoms with E-state index < -0.39 is 0 Å². The summed E-state index contributed by atoms with van der Waals surface area (Å²) in [5, 5.41) is 4.59. The molecular formula is C19H15N3O3. The molecular weight excluding hydrogens is 318 g/mol. The van der Waals surface area contributed by atoms with E-state index in [1.807, 2.05) is 49.4 Å². The third-order valence-electron chi connectivity index (χ3n) is 3.87. The number of hydrogen-bond donors (Lipinski definition) is 1. The zero-order chi connectivity index (χ0) is 17.2. The van der Waals surface area contributed by atoms with E-state index in [1.165, 1.54) is 0 Å². The van der Waals surface area contributed by atoms with E-state index in [9.17, 15) is 4.79 Å². The van der Waals surface area contributed by atoms with Gasteiger partial charge in [0.1, 0.15) is 11.3 Å². The van der Waals surface area contributed by atoms with Gasteiger partial charge in [0.25, 0.3) is 5.89 Å². The van der Waals surface area contributed by atoms with Crippen molar-refractivity contribution in [3.8, 4) is 28.6 Å². The summed E-state index contributed by atoms with van der Waals surface area (Å²) in [7, 11) is 0. The second kappa shape index (κ2) is 6.24. The molecule has 0 radical (unpaired) electrons. The lowest BCUT2D eigenvalue weighted by molar-refractivity contribution is 0.341. The SMILES string of the molecule is CCOc1ccccc1-c1noc(-c2c[nH]c3ccccc3c2=O)n1. The van der Waals surface area contributed by atoms with E-state index in [2.05, 4.69) is 15.1 Å². The average Bonchev–Trinajstić information content (AvgIpc) is 3.13. The van der Waals surface area contributed by atoms with E-state index >= 15 is 0 Å². The van der Waals surface area contributed by atoms with Crippen LogP contribution in [0.15, 0.2) is 64.0 Å². The van der Waals surface area contributed by atoms with Gasteiger partial charge in [0.15, 0.2) is 0 Å². The zero-order valence-electron chi connectivity index (χ0n) is 13.5. The van der Waals surface area contributed by atoms with E-state index in [-0.39, 0.29) is 11.3 Å². The smallest absolute Gasteiger partial charge is 0.263 e. The Labute approximate surface area is 143 Å². The Kier molecular flexibility index (Phi) is 3.78. The van der Waals surface area contributed by atoms with Crippen molar-refractivity contribution in [2.45, 2.75) is 6.92 Å². The quantitative estimate of drug-likeness (QED) is 0.616. The Hall–Kier alpha value is -3.41. The fraction of sp³-hybridized carbons (Fsp3) is 0.105. The molecule has 0 unspecified atom stereocenters. The van der Waals surface area contributed by atoms with Gasteiger partial charge in [-0.15, -0.1) is 0 Å². The Morgan fingerprint density at radius 3 is 2.76 bits per heavy atom. The molecule has 0 fully saturated rings. The van der Waals surface area contributed by atoms with E-state index in [4.69, 9.17) is 9.26 Å². The van der Waals surface area contributed by atoms with Crippen molar-refractivity contribution in [3.05, 3.63) is 65.0 Å². The lowest BCUT2D eigenvalue weighted by Crippen LogP contribution is -2.06. The Morgan fingerprint density at radius 1 is 1.08 bits per heavy atom. The van der Waals surface area contributed by atoms with E-state index in [1.54, 1.807) is 12.3 Å². The number of aromatic nitrogens is 3. The summed E-state index contributed by atoms with van der Waals surface area (Å²) in [5.41, 5.74) is 1.67. The number of H-pyrrole nitrogens is 1. The van der Waals surface area contributed by atoms with Crippen LogP contribution in [-0.4, -0.2) is 21.7 Å². The van der Waals surface area contributed by atoms with Crippen molar-refractivity contribution in [3.63, 3.8) is 0 Å². The first-order valence-electron chi connectivity index (χ1n) is 7.94.